The van der Waals surface area contributed by atoms with E-state index in [-0.39, 0.29) is 34.5 Å². The summed E-state index contributed by atoms with van der Waals surface area (Å²) in [5.41, 5.74) is 0.388. The summed E-state index contributed by atoms with van der Waals surface area (Å²) >= 11 is 0. The van der Waals surface area contributed by atoms with Gasteiger partial charge in [0.25, 0.3) is 5.69 Å². The number of Topliss-reactive ketones (excluding diaryl/α,β-unsaturated/α-hetero) is 1. The Morgan fingerprint density at radius 1 is 1.23 bits per heavy atom. The van der Waals surface area contributed by atoms with Crippen LogP contribution in [0.4, 0.5) is 5.69 Å². The predicted molar refractivity (Wildman–Crippen MR) is 125 cm³/mol. The number of nitro groups is 1. The Morgan fingerprint density at radius 2 is 1.97 bits per heavy atom. The summed E-state index contributed by atoms with van der Waals surface area (Å²) in [6, 6.07) is 9.28. The smallest absolute Gasteiger partial charge is 0.331 e. The maximum absolute atomic E-state index is 12.8. The number of nitrogens with one attached hydrogen (secondary N) is 1. The van der Waals surface area contributed by atoms with Crippen molar-refractivity contribution in [2.24, 2.45) is 0 Å². The van der Waals surface area contributed by atoms with Crippen LogP contribution in [0.5, 0.6) is 5.75 Å². The lowest BCUT2D eigenvalue weighted by Gasteiger charge is -2.14. The molecule has 35 heavy (non-hydrogen) atoms. The largest absolute Gasteiger partial charge is 0.495 e. The number of nitrogens with zero attached hydrogens (tertiary/aromatic N) is 1. The Kier molecular flexibility index (Phi) is 8.68. The zero-order valence-corrected chi connectivity index (χ0v) is 19.7. The van der Waals surface area contributed by atoms with Crippen LogP contribution in [-0.2, 0) is 24.3 Å². The molecular formula is C23H24N2O9S. The SMILES string of the molecule is COc1ccc(/C=C\C(=O)OCC(=O)c2ccc([N+](=O)[O-])cc2)cc1S(=O)(=O)NC[C@@H]1CCCO1. The van der Waals surface area contributed by atoms with Crippen molar-refractivity contribution in [3.05, 3.63) is 69.8 Å². The van der Waals surface area contributed by atoms with Gasteiger partial charge in [0.1, 0.15) is 10.6 Å². The molecule has 3 rings (SSSR count). The summed E-state index contributed by atoms with van der Waals surface area (Å²) in [7, 11) is -2.55. The summed E-state index contributed by atoms with van der Waals surface area (Å²) < 4.78 is 43.6. The number of ether oxygens (including phenoxy) is 3. The molecule has 1 fully saturated rings. The van der Waals surface area contributed by atoms with Crippen LogP contribution >= 0.6 is 0 Å². The van der Waals surface area contributed by atoms with Gasteiger partial charge in [-0.3, -0.25) is 14.9 Å². The van der Waals surface area contributed by atoms with E-state index in [0.29, 0.717) is 12.2 Å². The van der Waals surface area contributed by atoms with Crippen LogP contribution in [0, 0.1) is 10.1 Å². The first kappa shape index (κ1) is 26.0. The van der Waals surface area contributed by atoms with Gasteiger partial charge in [0.2, 0.25) is 10.0 Å². The van der Waals surface area contributed by atoms with Gasteiger partial charge in [0.05, 0.1) is 18.1 Å². The van der Waals surface area contributed by atoms with Crippen molar-refractivity contribution in [2.45, 2.75) is 23.8 Å². The van der Waals surface area contributed by atoms with Gasteiger partial charge < -0.3 is 14.2 Å². The quantitative estimate of drug-likeness (QED) is 0.160. The van der Waals surface area contributed by atoms with Crippen molar-refractivity contribution < 1.29 is 37.1 Å². The zero-order chi connectivity index (χ0) is 25.4. The molecule has 1 N–H and O–H groups in total. The summed E-state index contributed by atoms with van der Waals surface area (Å²) in [6.07, 6.45) is 3.88. The molecular weight excluding hydrogens is 480 g/mol. The van der Waals surface area contributed by atoms with Gasteiger partial charge in [0.15, 0.2) is 12.4 Å². The third-order valence-electron chi connectivity index (χ3n) is 5.16. The number of carbonyl (C=O) groups excluding carboxylic acids is 2. The average Bonchev–Trinajstić information content (AvgIpc) is 3.38. The van der Waals surface area contributed by atoms with Gasteiger partial charge in [-0.15, -0.1) is 0 Å². The molecule has 1 saturated heterocycles. The molecule has 0 aliphatic carbocycles. The molecule has 1 aliphatic heterocycles. The first-order valence-corrected chi connectivity index (χ1v) is 12.1. The number of non-ortho nitro benzene ring substituents is 1. The predicted octanol–water partition coefficient (Wildman–Crippen LogP) is 2.50. The molecule has 1 atom stereocenters. The molecule has 1 aliphatic rings. The van der Waals surface area contributed by atoms with Crippen molar-refractivity contribution in [1.82, 2.24) is 4.72 Å². The third-order valence-corrected chi connectivity index (χ3v) is 6.60. The van der Waals surface area contributed by atoms with E-state index in [9.17, 15) is 28.1 Å². The molecule has 0 radical (unpaired) electrons. The monoisotopic (exact) mass is 504 g/mol. The lowest BCUT2D eigenvalue weighted by atomic mass is 10.1. The third kappa shape index (κ3) is 7.18. The second-order valence-electron chi connectivity index (χ2n) is 7.57. The number of sulfonamides is 1. The normalized spacial score (nSPS) is 15.7. The van der Waals surface area contributed by atoms with E-state index in [0.717, 1.165) is 18.9 Å². The van der Waals surface area contributed by atoms with Crippen molar-refractivity contribution >= 4 is 33.5 Å². The molecule has 2 aromatic rings. The molecule has 12 heteroatoms. The Balaban J connectivity index is 1.61. The molecule has 11 nitrogen and oxygen atoms in total. The zero-order valence-electron chi connectivity index (χ0n) is 18.8. The average molecular weight is 505 g/mol. The molecule has 1 heterocycles. The second-order valence-corrected chi connectivity index (χ2v) is 9.30. The van der Waals surface area contributed by atoms with E-state index >= 15 is 0 Å². The van der Waals surface area contributed by atoms with Crippen LogP contribution in [-0.4, -0.2) is 58.1 Å². The molecule has 186 valence electrons. The molecule has 0 bridgehead atoms. The Bertz CT molecular complexity index is 1220. The van der Waals surface area contributed by atoms with Crippen LogP contribution in [0.25, 0.3) is 6.08 Å². The standard InChI is InChI=1S/C23H24N2O9S/c1-32-21-10-4-16(13-22(21)35(30,31)24-14-19-3-2-12-33-19)5-11-23(27)34-15-20(26)17-6-8-18(9-7-17)25(28)29/h4-11,13,19,24H,2-3,12,14-15H2,1H3/b11-5-/t19-/m0/s1. The highest BCUT2D eigenvalue weighted by Gasteiger charge is 2.23. The van der Waals surface area contributed by atoms with Gasteiger partial charge in [-0.05, 0) is 48.7 Å². The van der Waals surface area contributed by atoms with E-state index < -0.39 is 33.3 Å². The van der Waals surface area contributed by atoms with E-state index in [1.54, 1.807) is 6.07 Å². The Hall–Kier alpha value is -3.61. The van der Waals surface area contributed by atoms with Crippen LogP contribution in [0.15, 0.2) is 53.4 Å². The van der Waals surface area contributed by atoms with Crippen molar-refractivity contribution in [2.75, 3.05) is 26.9 Å². The first-order chi connectivity index (χ1) is 16.7. The van der Waals surface area contributed by atoms with Gasteiger partial charge in [-0.25, -0.2) is 17.9 Å². The highest BCUT2D eigenvalue weighted by molar-refractivity contribution is 7.89. The van der Waals surface area contributed by atoms with Gasteiger partial charge in [-0.1, -0.05) is 6.07 Å². The second kappa shape index (κ2) is 11.7. The highest BCUT2D eigenvalue weighted by atomic mass is 32.2. The van der Waals surface area contributed by atoms with Crippen LogP contribution < -0.4 is 9.46 Å². The fourth-order valence-corrected chi connectivity index (χ4v) is 4.56. The number of ketones is 1. The van der Waals surface area contributed by atoms with Crippen molar-refractivity contribution in [3.63, 3.8) is 0 Å². The first-order valence-electron chi connectivity index (χ1n) is 10.6. The van der Waals surface area contributed by atoms with Crippen molar-refractivity contribution in [1.29, 1.82) is 0 Å². The van der Waals surface area contributed by atoms with Crippen LogP contribution in [0.2, 0.25) is 0 Å². The maximum Gasteiger partial charge on any atom is 0.331 e. The fourth-order valence-electron chi connectivity index (χ4n) is 3.29. The molecule has 0 unspecified atom stereocenters. The van der Waals surface area contributed by atoms with Crippen LogP contribution in [0.3, 0.4) is 0 Å². The topological polar surface area (TPSA) is 151 Å². The summed E-state index contributed by atoms with van der Waals surface area (Å²) in [5, 5.41) is 10.7. The Labute approximate surface area is 201 Å². The maximum atomic E-state index is 12.8. The van der Waals surface area contributed by atoms with Gasteiger partial charge in [0, 0.05) is 36.9 Å². The summed E-state index contributed by atoms with van der Waals surface area (Å²) in [6.45, 7) is 0.183. The van der Waals surface area contributed by atoms with Crippen LogP contribution in [0.1, 0.15) is 28.8 Å². The fraction of sp³-hybridized carbons (Fsp3) is 0.304. The molecule has 0 saturated carbocycles. The number of hydrogen-bond donors (Lipinski definition) is 1. The minimum atomic E-state index is -3.90. The van der Waals surface area contributed by atoms with E-state index in [1.807, 2.05) is 0 Å². The molecule has 2 aromatic carbocycles. The van der Waals surface area contributed by atoms with Crippen molar-refractivity contribution in [3.8, 4) is 5.75 Å². The highest BCUT2D eigenvalue weighted by Crippen LogP contribution is 2.26. The molecule has 0 spiro atoms. The van der Waals surface area contributed by atoms with Gasteiger partial charge >= 0.3 is 5.97 Å². The minimum absolute atomic E-state index is 0.0955. The summed E-state index contributed by atoms with van der Waals surface area (Å²) in [5.74, 6) is -1.22. The number of esters is 1. The molecule has 0 amide bonds. The Morgan fingerprint density at radius 3 is 2.60 bits per heavy atom. The lowest BCUT2D eigenvalue weighted by molar-refractivity contribution is -0.384. The van der Waals surface area contributed by atoms with Gasteiger partial charge in [-0.2, -0.15) is 0 Å². The van der Waals surface area contributed by atoms with E-state index in [2.05, 4.69) is 4.72 Å². The summed E-state index contributed by atoms with van der Waals surface area (Å²) in [4.78, 5) is 34.1. The number of methoxy groups -OCH3 is 1. The van der Waals surface area contributed by atoms with E-state index in [4.69, 9.17) is 14.2 Å². The molecule has 0 aromatic heterocycles. The number of hydrogen-bond acceptors (Lipinski definition) is 9. The number of benzene rings is 2. The number of carbonyl (C=O) groups is 2. The van der Waals surface area contributed by atoms with E-state index in [1.165, 1.54) is 49.6 Å². The lowest BCUT2D eigenvalue weighted by Crippen LogP contribution is -2.32. The number of nitro benzene ring substituents is 1. The number of rotatable bonds is 11. The minimum Gasteiger partial charge on any atom is -0.495 e.